The molecule has 0 fully saturated rings. The second-order valence-corrected chi connectivity index (χ2v) is 6.23. The standard InChI is InChI=1S/C20H17FN2O4/c1-11-3-4-13(6-16-5-12(2)19(24)23-22-16)7-18(11)27-17-9-14(20(25)26)8-15(21)10-17/h3-5,7-10H,6H2,1-2H3,(H,23,24)(H,25,26). The number of nitrogens with zero attached hydrogens (tertiary/aromatic N) is 1. The van der Waals surface area contributed by atoms with Crippen molar-refractivity contribution in [3.8, 4) is 11.5 Å². The maximum absolute atomic E-state index is 13.6. The van der Waals surface area contributed by atoms with Crippen LogP contribution in [0.15, 0.2) is 47.3 Å². The second kappa shape index (κ2) is 7.41. The molecule has 0 aliphatic heterocycles. The molecule has 0 amide bonds. The number of nitrogens with one attached hydrogen (secondary N) is 1. The summed E-state index contributed by atoms with van der Waals surface area (Å²) in [6.45, 7) is 3.54. The van der Waals surface area contributed by atoms with Crippen LogP contribution in [0.4, 0.5) is 4.39 Å². The van der Waals surface area contributed by atoms with Crippen LogP contribution in [0.2, 0.25) is 0 Å². The zero-order valence-corrected chi connectivity index (χ0v) is 14.7. The van der Waals surface area contributed by atoms with Crippen molar-refractivity contribution >= 4 is 5.97 Å². The summed E-state index contributed by atoms with van der Waals surface area (Å²) in [5, 5.41) is 15.5. The lowest BCUT2D eigenvalue weighted by Crippen LogP contribution is -2.12. The number of H-pyrrole nitrogens is 1. The van der Waals surface area contributed by atoms with E-state index in [0.717, 1.165) is 23.3 Å². The SMILES string of the molecule is Cc1ccc(Cc2cc(C)c(=O)[nH]n2)cc1Oc1cc(F)cc(C(=O)O)c1. The van der Waals surface area contributed by atoms with E-state index in [9.17, 15) is 14.0 Å². The van der Waals surface area contributed by atoms with Gasteiger partial charge in [-0.3, -0.25) is 4.79 Å². The number of rotatable bonds is 5. The van der Waals surface area contributed by atoms with Gasteiger partial charge >= 0.3 is 5.97 Å². The monoisotopic (exact) mass is 368 g/mol. The van der Waals surface area contributed by atoms with Crippen molar-refractivity contribution in [3.05, 3.63) is 86.6 Å². The van der Waals surface area contributed by atoms with E-state index in [1.165, 1.54) is 6.07 Å². The summed E-state index contributed by atoms with van der Waals surface area (Å²) in [6.07, 6.45) is 0.470. The Hall–Kier alpha value is -3.48. The lowest BCUT2D eigenvalue weighted by molar-refractivity contribution is 0.0696. The number of aromatic amines is 1. The van der Waals surface area contributed by atoms with Crippen molar-refractivity contribution in [2.24, 2.45) is 0 Å². The van der Waals surface area contributed by atoms with Crippen molar-refractivity contribution in [1.82, 2.24) is 10.2 Å². The summed E-state index contributed by atoms with van der Waals surface area (Å²) in [4.78, 5) is 22.5. The number of carboxylic acids is 1. The van der Waals surface area contributed by atoms with Crippen molar-refractivity contribution in [2.45, 2.75) is 20.3 Å². The molecule has 27 heavy (non-hydrogen) atoms. The van der Waals surface area contributed by atoms with E-state index >= 15 is 0 Å². The maximum Gasteiger partial charge on any atom is 0.335 e. The van der Waals surface area contributed by atoms with E-state index < -0.39 is 11.8 Å². The van der Waals surface area contributed by atoms with Gasteiger partial charge in [0.25, 0.3) is 5.56 Å². The molecule has 2 aromatic carbocycles. The van der Waals surface area contributed by atoms with E-state index in [-0.39, 0.29) is 16.9 Å². The van der Waals surface area contributed by atoms with Crippen LogP contribution in [-0.2, 0) is 6.42 Å². The quantitative estimate of drug-likeness (QED) is 0.718. The highest BCUT2D eigenvalue weighted by atomic mass is 19.1. The van der Waals surface area contributed by atoms with Crippen LogP contribution in [0.25, 0.3) is 0 Å². The third kappa shape index (κ3) is 4.38. The van der Waals surface area contributed by atoms with E-state index in [1.807, 2.05) is 19.1 Å². The third-order valence-electron chi connectivity index (χ3n) is 4.03. The first-order chi connectivity index (χ1) is 12.8. The molecule has 7 heteroatoms. The summed E-state index contributed by atoms with van der Waals surface area (Å²) in [5.74, 6) is -1.34. The fraction of sp³-hybridized carbons (Fsp3) is 0.150. The molecule has 0 aliphatic rings. The average Bonchev–Trinajstić information content (AvgIpc) is 2.60. The first-order valence-corrected chi connectivity index (χ1v) is 8.18. The number of ether oxygens (including phenoxy) is 1. The fourth-order valence-electron chi connectivity index (χ4n) is 2.59. The van der Waals surface area contributed by atoms with Crippen LogP contribution < -0.4 is 10.3 Å². The fourth-order valence-corrected chi connectivity index (χ4v) is 2.59. The average molecular weight is 368 g/mol. The number of aromatic carboxylic acids is 1. The van der Waals surface area contributed by atoms with Crippen molar-refractivity contribution in [3.63, 3.8) is 0 Å². The van der Waals surface area contributed by atoms with Gasteiger partial charge in [-0.25, -0.2) is 14.3 Å². The van der Waals surface area contributed by atoms with Crippen LogP contribution in [-0.4, -0.2) is 21.3 Å². The smallest absolute Gasteiger partial charge is 0.335 e. The van der Waals surface area contributed by atoms with E-state index in [2.05, 4.69) is 10.2 Å². The zero-order valence-electron chi connectivity index (χ0n) is 14.7. The summed E-state index contributed by atoms with van der Waals surface area (Å²) < 4.78 is 19.4. The lowest BCUT2D eigenvalue weighted by Gasteiger charge is -2.11. The molecule has 0 spiro atoms. The normalized spacial score (nSPS) is 10.6. The number of aromatic nitrogens is 2. The maximum atomic E-state index is 13.6. The minimum Gasteiger partial charge on any atom is -0.478 e. The van der Waals surface area contributed by atoms with E-state index in [0.29, 0.717) is 23.4 Å². The Morgan fingerprint density at radius 3 is 2.63 bits per heavy atom. The number of aryl methyl sites for hydroxylation is 2. The number of benzene rings is 2. The topological polar surface area (TPSA) is 92.3 Å². The van der Waals surface area contributed by atoms with Crippen LogP contribution in [0.3, 0.4) is 0 Å². The Morgan fingerprint density at radius 1 is 1.15 bits per heavy atom. The minimum absolute atomic E-state index is 0.102. The molecule has 138 valence electrons. The van der Waals surface area contributed by atoms with Gasteiger partial charge in [0.15, 0.2) is 0 Å². The number of halogens is 1. The Kier molecular flexibility index (Phi) is 5.03. The highest BCUT2D eigenvalue weighted by Gasteiger charge is 2.11. The van der Waals surface area contributed by atoms with Crippen LogP contribution in [0, 0.1) is 19.7 Å². The van der Waals surface area contributed by atoms with Crippen molar-refractivity contribution in [1.29, 1.82) is 0 Å². The van der Waals surface area contributed by atoms with Crippen molar-refractivity contribution < 1.29 is 19.0 Å². The van der Waals surface area contributed by atoms with Crippen LogP contribution in [0.5, 0.6) is 11.5 Å². The molecule has 0 aliphatic carbocycles. The molecule has 0 saturated heterocycles. The molecule has 0 radical (unpaired) electrons. The summed E-state index contributed by atoms with van der Waals surface area (Å²) in [6, 6.07) is 10.6. The molecule has 1 aromatic heterocycles. The van der Waals surface area contributed by atoms with Gasteiger partial charge in [-0.05, 0) is 49.2 Å². The Morgan fingerprint density at radius 2 is 1.93 bits per heavy atom. The van der Waals surface area contributed by atoms with Gasteiger partial charge in [0.1, 0.15) is 17.3 Å². The summed E-state index contributed by atoms with van der Waals surface area (Å²) in [5.41, 5.74) is 2.54. The molecule has 3 aromatic rings. The minimum atomic E-state index is -1.23. The van der Waals surface area contributed by atoms with E-state index in [4.69, 9.17) is 9.84 Å². The van der Waals surface area contributed by atoms with Gasteiger partial charge < -0.3 is 9.84 Å². The largest absolute Gasteiger partial charge is 0.478 e. The Balaban J connectivity index is 1.88. The van der Waals surface area contributed by atoms with Gasteiger partial charge in [0.2, 0.25) is 0 Å². The third-order valence-corrected chi connectivity index (χ3v) is 4.03. The first kappa shape index (κ1) is 18.3. The van der Waals surface area contributed by atoms with Gasteiger partial charge in [-0.2, -0.15) is 5.10 Å². The molecule has 3 rings (SSSR count). The number of hydrogen-bond acceptors (Lipinski definition) is 4. The Bertz CT molecular complexity index is 1080. The highest BCUT2D eigenvalue weighted by molar-refractivity contribution is 5.88. The molecule has 0 atom stereocenters. The number of hydrogen-bond donors (Lipinski definition) is 2. The summed E-state index contributed by atoms with van der Waals surface area (Å²) >= 11 is 0. The number of carboxylic acid groups (broad SMARTS) is 1. The predicted octanol–water partition coefficient (Wildman–Crippen LogP) is 3.61. The molecule has 0 saturated carbocycles. The molecule has 0 bridgehead atoms. The van der Waals surface area contributed by atoms with Crippen LogP contribution >= 0.6 is 0 Å². The highest BCUT2D eigenvalue weighted by Crippen LogP contribution is 2.28. The van der Waals surface area contributed by atoms with Gasteiger partial charge in [0.05, 0.1) is 11.3 Å². The lowest BCUT2D eigenvalue weighted by atomic mass is 10.1. The first-order valence-electron chi connectivity index (χ1n) is 8.18. The molecular formula is C20H17FN2O4. The molecule has 1 heterocycles. The zero-order chi connectivity index (χ0) is 19.6. The summed E-state index contributed by atoms with van der Waals surface area (Å²) in [7, 11) is 0. The Labute approximate surface area is 154 Å². The van der Waals surface area contributed by atoms with Gasteiger partial charge in [-0.1, -0.05) is 12.1 Å². The van der Waals surface area contributed by atoms with Gasteiger partial charge in [-0.15, -0.1) is 0 Å². The molecule has 6 nitrogen and oxygen atoms in total. The number of carbonyl (C=O) groups is 1. The predicted molar refractivity (Wildman–Crippen MR) is 97.0 cm³/mol. The van der Waals surface area contributed by atoms with E-state index in [1.54, 1.807) is 19.1 Å². The van der Waals surface area contributed by atoms with Crippen molar-refractivity contribution in [2.75, 3.05) is 0 Å². The second-order valence-electron chi connectivity index (χ2n) is 6.23. The van der Waals surface area contributed by atoms with Gasteiger partial charge in [0, 0.05) is 18.1 Å². The molecule has 0 unspecified atom stereocenters. The molecule has 2 N–H and O–H groups in total. The van der Waals surface area contributed by atoms with Crippen LogP contribution in [0.1, 0.15) is 32.7 Å². The molecular weight excluding hydrogens is 351 g/mol.